The number of nitrogens with one attached hydrogen (secondary N) is 1. The smallest absolute Gasteiger partial charge is 0.312 e. The summed E-state index contributed by atoms with van der Waals surface area (Å²) in [5, 5.41) is 6.51. The predicted molar refractivity (Wildman–Crippen MR) is 140 cm³/mol. The highest BCUT2D eigenvalue weighted by Crippen LogP contribution is 2.59. The fourth-order valence-electron chi connectivity index (χ4n) is 5.61. The third-order valence-electron chi connectivity index (χ3n) is 7.78. The highest BCUT2D eigenvalue weighted by Gasteiger charge is 2.63. The summed E-state index contributed by atoms with van der Waals surface area (Å²) < 4.78 is 11.7. The first-order chi connectivity index (χ1) is 17.6. The van der Waals surface area contributed by atoms with Gasteiger partial charge in [0.15, 0.2) is 5.13 Å². The van der Waals surface area contributed by atoms with Crippen LogP contribution in [0.25, 0.3) is 11.3 Å². The minimum atomic E-state index is -0.245. The van der Waals surface area contributed by atoms with Crippen LogP contribution in [0, 0.1) is 18.3 Å². The zero-order chi connectivity index (χ0) is 24.7. The molecule has 3 aromatic rings. The molecule has 0 spiro atoms. The number of hydrogen-bond acceptors (Lipinski definition) is 8. The van der Waals surface area contributed by atoms with Gasteiger partial charge in [-0.1, -0.05) is 18.2 Å². The number of fused-ring (bicyclic) bond motifs is 2. The van der Waals surface area contributed by atoms with Crippen LogP contribution in [0.5, 0.6) is 5.75 Å². The molecule has 3 aliphatic rings. The summed E-state index contributed by atoms with van der Waals surface area (Å²) in [6, 6.07) is 10.4. The van der Waals surface area contributed by atoms with Crippen molar-refractivity contribution in [3.63, 3.8) is 0 Å². The number of aromatic nitrogens is 2. The second-order valence-corrected chi connectivity index (χ2v) is 10.9. The van der Waals surface area contributed by atoms with E-state index < -0.39 is 0 Å². The maximum atomic E-state index is 12.4. The van der Waals surface area contributed by atoms with Gasteiger partial charge < -0.3 is 19.7 Å². The highest BCUT2D eigenvalue weighted by molar-refractivity contribution is 7.14. The van der Waals surface area contributed by atoms with E-state index in [-0.39, 0.29) is 11.4 Å². The van der Waals surface area contributed by atoms with Crippen molar-refractivity contribution in [2.75, 3.05) is 31.1 Å². The van der Waals surface area contributed by atoms with Crippen LogP contribution in [0.2, 0.25) is 0 Å². The molecule has 1 N–H and O–H groups in total. The molecule has 1 saturated heterocycles. The summed E-state index contributed by atoms with van der Waals surface area (Å²) in [6.45, 7) is 8.39. The predicted octanol–water partition coefficient (Wildman–Crippen LogP) is 4.52. The first-order valence-electron chi connectivity index (χ1n) is 12.9. The topological polar surface area (TPSA) is 76.6 Å². The summed E-state index contributed by atoms with van der Waals surface area (Å²) in [5.41, 5.74) is 6.17. The van der Waals surface area contributed by atoms with E-state index >= 15 is 0 Å². The Hall–Kier alpha value is -2.97. The van der Waals surface area contributed by atoms with Crippen LogP contribution in [0.1, 0.15) is 42.3 Å². The van der Waals surface area contributed by atoms with Gasteiger partial charge in [0, 0.05) is 49.2 Å². The number of thiazole rings is 1. The van der Waals surface area contributed by atoms with E-state index in [1.165, 1.54) is 11.3 Å². The van der Waals surface area contributed by atoms with Crippen LogP contribution in [0.4, 0.5) is 5.13 Å². The number of anilines is 1. The lowest BCUT2D eigenvalue weighted by atomic mass is 9.95. The van der Waals surface area contributed by atoms with Gasteiger partial charge in [-0.25, -0.2) is 4.98 Å². The minimum absolute atomic E-state index is 0.0129. The molecular weight excluding hydrogens is 472 g/mol. The lowest BCUT2D eigenvalue weighted by Crippen LogP contribution is -2.38. The van der Waals surface area contributed by atoms with Crippen molar-refractivity contribution in [3.05, 3.63) is 58.2 Å². The van der Waals surface area contributed by atoms with Crippen molar-refractivity contribution in [2.45, 2.75) is 46.3 Å². The monoisotopic (exact) mass is 504 g/mol. The molecule has 0 radical (unpaired) electrons. The molecule has 1 saturated carbocycles. The van der Waals surface area contributed by atoms with Crippen molar-refractivity contribution in [1.82, 2.24) is 15.3 Å². The number of para-hydroxylation sites is 1. The fraction of sp³-hybridized carbons (Fsp3) is 0.464. The third-order valence-corrected chi connectivity index (χ3v) is 8.68. The van der Waals surface area contributed by atoms with Crippen LogP contribution < -0.4 is 15.0 Å². The molecule has 36 heavy (non-hydrogen) atoms. The molecule has 2 atom stereocenters. The number of carbonyl (C=O) groups excluding carboxylic acids is 1. The molecule has 2 aliphatic heterocycles. The molecule has 6 rings (SSSR count). The summed E-state index contributed by atoms with van der Waals surface area (Å²) in [6.07, 6.45) is 2.73. The Bertz CT molecular complexity index is 1290. The number of carbonyl (C=O) groups is 1. The number of piperidine rings is 1. The van der Waals surface area contributed by atoms with E-state index in [9.17, 15) is 4.79 Å². The molecule has 2 fully saturated rings. The number of ether oxygens (including phenoxy) is 2. The number of nitrogens with zero attached hydrogens (tertiary/aromatic N) is 3. The van der Waals surface area contributed by atoms with Gasteiger partial charge in [-0.3, -0.25) is 9.78 Å². The van der Waals surface area contributed by atoms with Crippen molar-refractivity contribution in [1.29, 1.82) is 0 Å². The number of hydrogen-bond donors (Lipinski definition) is 1. The van der Waals surface area contributed by atoms with E-state index in [2.05, 4.69) is 52.9 Å². The number of benzene rings is 1. The average molecular weight is 505 g/mol. The summed E-state index contributed by atoms with van der Waals surface area (Å²) in [7, 11) is 0. The van der Waals surface area contributed by atoms with Crippen LogP contribution in [-0.4, -0.2) is 42.2 Å². The van der Waals surface area contributed by atoms with Gasteiger partial charge in [0.25, 0.3) is 0 Å². The van der Waals surface area contributed by atoms with Crippen LogP contribution in [0.15, 0.2) is 35.7 Å². The number of aryl methyl sites for hydroxylation is 1. The van der Waals surface area contributed by atoms with Crippen LogP contribution in [-0.2, 0) is 29.1 Å². The molecular formula is C28H32N4O3S. The first kappa shape index (κ1) is 23.4. The largest absolute Gasteiger partial charge is 0.486 e. The van der Waals surface area contributed by atoms with Gasteiger partial charge in [0.1, 0.15) is 12.4 Å². The van der Waals surface area contributed by atoms with Gasteiger partial charge in [-0.15, -0.1) is 11.3 Å². The molecule has 1 aliphatic carbocycles. The number of esters is 1. The van der Waals surface area contributed by atoms with E-state index in [1.807, 2.05) is 6.92 Å². The Kier molecular flexibility index (Phi) is 6.17. The Labute approximate surface area is 215 Å². The molecule has 188 valence electrons. The Morgan fingerprint density at radius 3 is 3.06 bits per heavy atom. The third kappa shape index (κ3) is 4.26. The van der Waals surface area contributed by atoms with Crippen molar-refractivity contribution < 1.29 is 14.3 Å². The quantitative estimate of drug-likeness (QED) is 0.474. The van der Waals surface area contributed by atoms with Crippen molar-refractivity contribution in [2.24, 2.45) is 11.3 Å². The highest BCUT2D eigenvalue weighted by atomic mass is 32.1. The second kappa shape index (κ2) is 9.48. The van der Waals surface area contributed by atoms with Crippen molar-refractivity contribution in [3.8, 4) is 17.0 Å². The molecule has 7 nitrogen and oxygen atoms in total. The summed E-state index contributed by atoms with van der Waals surface area (Å²) >= 11 is 1.66. The summed E-state index contributed by atoms with van der Waals surface area (Å²) in [5.74, 6) is 1.22. The van der Waals surface area contributed by atoms with E-state index in [0.29, 0.717) is 19.1 Å². The maximum absolute atomic E-state index is 12.4. The van der Waals surface area contributed by atoms with Crippen molar-refractivity contribution >= 4 is 22.4 Å². The lowest BCUT2D eigenvalue weighted by molar-refractivity contribution is -0.150. The normalized spacial score (nSPS) is 22.5. The van der Waals surface area contributed by atoms with Gasteiger partial charge in [-0.2, -0.15) is 0 Å². The average Bonchev–Trinajstić information content (AvgIpc) is 3.45. The Morgan fingerprint density at radius 1 is 1.28 bits per heavy atom. The van der Waals surface area contributed by atoms with E-state index in [4.69, 9.17) is 19.4 Å². The minimum Gasteiger partial charge on any atom is -0.486 e. The SMILES string of the molecule is CCOC(=O)[C@@]12CCN(c3nc(-c4cccc(C)c4OCc4ccc5c(n4)CCNC5)cs3)CC1C2. The fourth-order valence-corrected chi connectivity index (χ4v) is 6.47. The zero-order valence-corrected chi connectivity index (χ0v) is 21.7. The van der Waals surface area contributed by atoms with Gasteiger partial charge >= 0.3 is 5.97 Å². The molecule has 1 unspecified atom stereocenters. The molecule has 0 amide bonds. The van der Waals surface area contributed by atoms with Gasteiger partial charge in [0.2, 0.25) is 0 Å². The molecule has 8 heteroatoms. The standard InChI is InChI=1S/C28H32N4O3S/c1-3-34-26(33)28-10-12-32(15-20(28)13-28)27-31-24(17-36-27)22-6-4-5-18(2)25(22)35-16-21-8-7-19-14-29-11-9-23(19)30-21/h4-8,17,20,29H,3,9-16H2,1-2H3/t20?,28-/m1/s1. The number of pyridine rings is 1. The first-order valence-corrected chi connectivity index (χ1v) is 13.7. The van der Waals surface area contributed by atoms with Gasteiger partial charge in [-0.05, 0) is 55.9 Å². The van der Waals surface area contributed by atoms with Gasteiger partial charge in [0.05, 0.1) is 23.4 Å². The molecule has 0 bridgehead atoms. The Morgan fingerprint density at radius 2 is 2.19 bits per heavy atom. The molecule has 4 heterocycles. The molecule has 2 aromatic heterocycles. The zero-order valence-electron chi connectivity index (χ0n) is 20.9. The van der Waals surface area contributed by atoms with Crippen LogP contribution >= 0.6 is 11.3 Å². The maximum Gasteiger partial charge on any atom is 0.312 e. The second-order valence-electron chi connectivity index (χ2n) is 10.1. The van der Waals surface area contributed by atoms with E-state index in [0.717, 1.165) is 78.8 Å². The Balaban J connectivity index is 1.17. The number of rotatable bonds is 7. The lowest BCUT2D eigenvalue weighted by Gasteiger charge is -2.30. The van der Waals surface area contributed by atoms with E-state index in [1.54, 1.807) is 11.3 Å². The summed E-state index contributed by atoms with van der Waals surface area (Å²) in [4.78, 5) is 24.6. The molecule has 1 aromatic carbocycles. The van der Waals surface area contributed by atoms with Crippen LogP contribution in [0.3, 0.4) is 0 Å².